The summed E-state index contributed by atoms with van der Waals surface area (Å²) in [5, 5.41) is 32.4. The van der Waals surface area contributed by atoms with Crippen LogP contribution in [-0.2, 0) is 14.4 Å². The molecular weight excluding hydrogens is 968 g/mol. The van der Waals surface area contributed by atoms with E-state index in [4.69, 9.17) is 21.3 Å². The van der Waals surface area contributed by atoms with Crippen molar-refractivity contribution >= 4 is 57.7 Å². The van der Waals surface area contributed by atoms with Crippen molar-refractivity contribution < 1.29 is 24.2 Å². The fraction of sp³-hybridized carbons (Fsp3) is 0.370. The number of thiophene rings is 1. The molecule has 1 saturated heterocycles. The number of aromatic nitrogens is 6. The van der Waals surface area contributed by atoms with Gasteiger partial charge in [-0.3, -0.25) is 28.6 Å². The van der Waals surface area contributed by atoms with Gasteiger partial charge in [0.25, 0.3) is 0 Å². The summed E-state index contributed by atoms with van der Waals surface area (Å²) in [7, 11) is 0. The second-order valence-electron chi connectivity index (χ2n) is 19.5. The Morgan fingerprint density at radius 1 is 0.917 bits per heavy atom. The van der Waals surface area contributed by atoms with Crippen LogP contribution in [0.4, 0.5) is 0 Å². The van der Waals surface area contributed by atoms with Gasteiger partial charge in [0, 0.05) is 64.6 Å². The number of ether oxygens (including phenoxy) is 1. The van der Waals surface area contributed by atoms with Gasteiger partial charge in [-0.2, -0.15) is 5.10 Å². The SMILES string of the molecule is Cc1ncsc1-c1ccc([C@H](C)NC(=O)[C@@H]2C[C@@H](O)CN2C(=O)[C@H](C(C)C)n2cc(-c3cccc(O[C@H]4C[C@@H](NC(=O)C[C@@H]5N=C(c6ccc(Cl)cc6)c6c(sc(C)c6C)-n6c(C)nnc65)C4)c3)cn2)cc1. The van der Waals surface area contributed by atoms with Crippen molar-refractivity contribution in [3.63, 3.8) is 0 Å². The molecule has 0 bridgehead atoms. The van der Waals surface area contributed by atoms with Crippen LogP contribution in [0.5, 0.6) is 5.75 Å². The van der Waals surface area contributed by atoms with Crippen LogP contribution in [0.15, 0.2) is 95.7 Å². The number of aliphatic imine (C=N–C) groups is 1. The number of fused-ring (bicyclic) bond motifs is 3. The number of nitrogens with one attached hydrogen (secondary N) is 2. The molecule has 3 aliphatic rings. The number of aliphatic hydroxyl groups is 1. The summed E-state index contributed by atoms with van der Waals surface area (Å²) in [5.74, 6) is 1.16. The topological polar surface area (TPSA) is 182 Å². The van der Waals surface area contributed by atoms with Gasteiger partial charge in [-0.1, -0.05) is 74.0 Å². The number of carbonyl (C=O) groups is 3. The van der Waals surface area contributed by atoms with Crippen LogP contribution in [0.1, 0.15) is 109 Å². The average molecular weight is 1030 g/mol. The largest absolute Gasteiger partial charge is 0.490 e. The van der Waals surface area contributed by atoms with E-state index in [1.54, 1.807) is 33.6 Å². The highest BCUT2D eigenvalue weighted by molar-refractivity contribution is 7.15. The third kappa shape index (κ3) is 9.74. The summed E-state index contributed by atoms with van der Waals surface area (Å²) in [6.45, 7) is 14.0. The smallest absolute Gasteiger partial charge is 0.248 e. The van der Waals surface area contributed by atoms with Crippen LogP contribution >= 0.6 is 34.3 Å². The van der Waals surface area contributed by atoms with E-state index in [1.807, 2.05) is 124 Å². The zero-order valence-corrected chi connectivity index (χ0v) is 43.6. The molecule has 2 aliphatic heterocycles. The number of aryl methyl sites for hydroxylation is 3. The van der Waals surface area contributed by atoms with Gasteiger partial charge in [0.1, 0.15) is 40.8 Å². The minimum absolute atomic E-state index is 0.0529. The minimum atomic E-state index is -0.834. The van der Waals surface area contributed by atoms with E-state index in [1.165, 1.54) is 9.78 Å². The van der Waals surface area contributed by atoms with E-state index in [0.29, 0.717) is 29.4 Å². The van der Waals surface area contributed by atoms with Gasteiger partial charge in [-0.05, 0) is 87.1 Å². The zero-order valence-electron chi connectivity index (χ0n) is 41.2. The summed E-state index contributed by atoms with van der Waals surface area (Å²) >= 11 is 9.55. The number of likely N-dealkylation sites (tertiary alicyclic amines) is 1. The molecule has 1 aliphatic carbocycles. The first-order chi connectivity index (χ1) is 34.6. The number of β-amino-alcohol motifs (C(OH)–C–C–N with tert-alkyl or cyclic N) is 1. The van der Waals surface area contributed by atoms with Crippen molar-refractivity contribution in [3.05, 3.63) is 140 Å². The molecule has 18 heteroatoms. The lowest BCUT2D eigenvalue weighted by Gasteiger charge is -2.36. The Kier molecular flexibility index (Phi) is 13.7. The standard InChI is InChI=1S/C54H57ClN10O5S2/c1-28(2)49(53(69)63-26-41(66)22-45(63)52(68)58-30(4)34-11-13-36(14-12-34)50-31(5)56-27-71-50)64-25-38(24-57-64)37-9-8-10-42(19-37)70-43-20-40(21-43)59-46(67)23-44-51-62-61-33(7)65(51)54-47(29(3)32(6)72-54)48(60-44)35-15-17-39(55)18-16-35/h8-19,24-25,27-28,30,40-41,43-45,49,66H,20-23,26H2,1-7H3,(H,58,68)(H,59,67)/t30-,40-,41+,43+,44-,45-,49-/m0/s1. The second kappa shape index (κ2) is 20.2. The monoisotopic (exact) mass is 1020 g/mol. The van der Waals surface area contributed by atoms with Crippen molar-refractivity contribution in [3.8, 4) is 32.3 Å². The molecule has 6 heterocycles. The van der Waals surface area contributed by atoms with E-state index in [2.05, 4.69) is 44.8 Å². The first-order valence-electron chi connectivity index (χ1n) is 24.4. The maximum atomic E-state index is 14.4. The molecule has 3 aromatic carbocycles. The van der Waals surface area contributed by atoms with Crippen molar-refractivity contribution in [1.82, 2.24) is 45.1 Å². The highest BCUT2D eigenvalue weighted by atomic mass is 35.5. The number of thiazole rings is 1. The molecule has 0 unspecified atom stereocenters. The fourth-order valence-corrected chi connectivity index (χ4v) is 12.2. The van der Waals surface area contributed by atoms with Gasteiger partial charge in [-0.25, -0.2) is 4.98 Å². The Bertz CT molecular complexity index is 3190. The van der Waals surface area contributed by atoms with Gasteiger partial charge < -0.3 is 25.4 Å². The second-order valence-corrected chi connectivity index (χ2v) is 22.0. The number of aliphatic hydroxyl groups excluding tert-OH is 1. The number of carbonyl (C=O) groups excluding carboxylic acids is 3. The molecule has 3 amide bonds. The van der Waals surface area contributed by atoms with Crippen molar-refractivity contribution in [1.29, 1.82) is 0 Å². The average Bonchev–Trinajstić information content (AvgIpc) is 4.19. The minimum Gasteiger partial charge on any atom is -0.490 e. The normalized spacial score (nSPS) is 20.2. The molecule has 15 nitrogen and oxygen atoms in total. The Morgan fingerprint density at radius 2 is 1.67 bits per heavy atom. The van der Waals surface area contributed by atoms with E-state index in [-0.39, 0.29) is 61.2 Å². The molecule has 0 radical (unpaired) electrons. The molecule has 7 aromatic rings. The van der Waals surface area contributed by atoms with Gasteiger partial charge in [0.15, 0.2) is 5.82 Å². The van der Waals surface area contributed by atoms with E-state index in [0.717, 1.165) is 66.1 Å². The Morgan fingerprint density at radius 3 is 2.39 bits per heavy atom. The van der Waals surface area contributed by atoms with Crippen molar-refractivity contribution in [2.24, 2.45) is 10.9 Å². The predicted octanol–water partition coefficient (Wildman–Crippen LogP) is 9.25. The van der Waals surface area contributed by atoms with E-state index >= 15 is 0 Å². The summed E-state index contributed by atoms with van der Waals surface area (Å²) in [6.07, 6.45) is 4.18. The number of nitrogens with zero attached hydrogens (tertiary/aromatic N) is 8. The number of hydrogen-bond acceptors (Lipinski definition) is 12. The summed E-state index contributed by atoms with van der Waals surface area (Å²) in [4.78, 5) is 55.4. The Hall–Kier alpha value is -6.53. The molecule has 372 valence electrons. The molecule has 3 N–H and O–H groups in total. The number of halogens is 1. The molecule has 4 aromatic heterocycles. The summed E-state index contributed by atoms with van der Waals surface area (Å²) in [6, 6.07) is 20.9. The molecule has 2 fully saturated rings. The van der Waals surface area contributed by atoms with Crippen LogP contribution in [0.2, 0.25) is 5.02 Å². The zero-order chi connectivity index (χ0) is 50.5. The fourth-order valence-electron chi connectivity index (χ4n) is 10.0. The highest BCUT2D eigenvalue weighted by Crippen LogP contribution is 2.40. The lowest BCUT2D eigenvalue weighted by molar-refractivity contribution is -0.142. The van der Waals surface area contributed by atoms with Gasteiger partial charge in [0.05, 0.1) is 46.6 Å². The van der Waals surface area contributed by atoms with Crippen LogP contribution in [0, 0.1) is 33.6 Å². The molecule has 1 saturated carbocycles. The molecule has 5 atom stereocenters. The Labute approximate surface area is 431 Å². The third-order valence-electron chi connectivity index (χ3n) is 14.1. The summed E-state index contributed by atoms with van der Waals surface area (Å²) in [5.41, 5.74) is 10.3. The maximum absolute atomic E-state index is 14.4. The van der Waals surface area contributed by atoms with Crippen LogP contribution in [0.25, 0.3) is 26.6 Å². The van der Waals surface area contributed by atoms with Crippen molar-refractivity contribution in [2.45, 2.75) is 117 Å². The molecular formula is C54H57ClN10O5S2. The number of benzene rings is 3. The Balaban J connectivity index is 0.762. The van der Waals surface area contributed by atoms with E-state index in [9.17, 15) is 19.5 Å². The number of amides is 3. The van der Waals surface area contributed by atoms with Crippen molar-refractivity contribution in [2.75, 3.05) is 6.54 Å². The lowest BCUT2D eigenvalue weighted by Crippen LogP contribution is -2.49. The maximum Gasteiger partial charge on any atom is 0.248 e. The van der Waals surface area contributed by atoms with Gasteiger partial charge >= 0.3 is 0 Å². The molecule has 72 heavy (non-hydrogen) atoms. The van der Waals surface area contributed by atoms with E-state index < -0.39 is 24.2 Å². The lowest BCUT2D eigenvalue weighted by atomic mass is 9.89. The van der Waals surface area contributed by atoms with Crippen LogP contribution < -0.4 is 15.4 Å². The molecule has 0 spiro atoms. The first-order valence-corrected chi connectivity index (χ1v) is 26.4. The summed E-state index contributed by atoms with van der Waals surface area (Å²) < 4.78 is 10.1. The third-order valence-corrected chi connectivity index (χ3v) is 16.5. The number of hydrogen-bond donors (Lipinski definition) is 3. The van der Waals surface area contributed by atoms with Gasteiger partial charge in [-0.15, -0.1) is 32.9 Å². The molecule has 10 rings (SSSR count). The van der Waals surface area contributed by atoms with Crippen LogP contribution in [0.3, 0.4) is 0 Å². The first kappa shape index (κ1) is 49.1. The van der Waals surface area contributed by atoms with Crippen LogP contribution in [-0.4, -0.2) is 93.8 Å². The number of rotatable bonds is 14. The van der Waals surface area contributed by atoms with Gasteiger partial charge in [0.2, 0.25) is 17.7 Å². The quantitative estimate of drug-likeness (QED) is 0.0957. The highest BCUT2D eigenvalue weighted by Gasteiger charge is 2.43. The predicted molar refractivity (Wildman–Crippen MR) is 280 cm³/mol.